The minimum absolute atomic E-state index is 0.406. The van der Waals surface area contributed by atoms with Crippen LogP contribution < -0.4 is 15.8 Å². The number of nitrogens with zero attached hydrogens (tertiary/aromatic N) is 4. The summed E-state index contributed by atoms with van der Waals surface area (Å²) in [6, 6.07) is 18.0. The largest absolute Gasteiger partial charge is 0.457 e. The number of benzene rings is 2. The number of hydrogen-bond acceptors (Lipinski definition) is 6. The van der Waals surface area contributed by atoms with Gasteiger partial charge in [-0.1, -0.05) is 18.2 Å². The molecule has 4 aromatic rings. The third kappa shape index (κ3) is 3.52. The summed E-state index contributed by atoms with van der Waals surface area (Å²) in [6.07, 6.45) is 3.83. The molecule has 1 saturated heterocycles. The Balaban J connectivity index is 1.49. The molecule has 0 saturated carbocycles. The molecular weight excluding hydrogens is 364 g/mol. The van der Waals surface area contributed by atoms with Crippen LogP contribution in [0.2, 0.25) is 0 Å². The summed E-state index contributed by atoms with van der Waals surface area (Å²) in [5, 5.41) is 9.16. The average Bonchev–Trinajstić information content (AvgIpc) is 3.39. The van der Waals surface area contributed by atoms with Crippen LogP contribution >= 0.6 is 0 Å². The molecule has 2 aromatic carbocycles. The molecule has 1 aliphatic heterocycles. The molecule has 5 rings (SSSR count). The molecule has 3 N–H and O–H groups in total. The molecule has 1 fully saturated rings. The van der Waals surface area contributed by atoms with Crippen LogP contribution in [0.4, 0.5) is 5.82 Å². The number of nitrogens with one attached hydrogen (secondary N) is 1. The van der Waals surface area contributed by atoms with E-state index in [0.717, 1.165) is 53.3 Å². The summed E-state index contributed by atoms with van der Waals surface area (Å²) in [4.78, 5) is 8.65. The van der Waals surface area contributed by atoms with E-state index in [9.17, 15) is 0 Å². The van der Waals surface area contributed by atoms with Crippen molar-refractivity contribution in [3.8, 4) is 22.8 Å². The van der Waals surface area contributed by atoms with Gasteiger partial charge in [-0.15, -0.1) is 0 Å². The van der Waals surface area contributed by atoms with Crippen molar-refractivity contribution in [3.05, 3.63) is 60.9 Å². The van der Waals surface area contributed by atoms with E-state index < -0.39 is 0 Å². The number of hydrogen-bond donors (Lipinski definition) is 2. The van der Waals surface area contributed by atoms with Crippen molar-refractivity contribution in [1.82, 2.24) is 25.1 Å². The lowest BCUT2D eigenvalue weighted by Gasteiger charge is -2.10. The van der Waals surface area contributed by atoms with Gasteiger partial charge in [0.1, 0.15) is 29.3 Å². The molecule has 1 atom stereocenters. The van der Waals surface area contributed by atoms with Crippen LogP contribution in [0.5, 0.6) is 11.5 Å². The van der Waals surface area contributed by atoms with Gasteiger partial charge in [0.15, 0.2) is 5.65 Å². The van der Waals surface area contributed by atoms with Gasteiger partial charge in [0, 0.05) is 11.6 Å². The third-order valence-electron chi connectivity index (χ3n) is 5.22. The van der Waals surface area contributed by atoms with Gasteiger partial charge in [-0.05, 0) is 55.8 Å². The van der Waals surface area contributed by atoms with E-state index in [1.54, 1.807) is 0 Å². The van der Waals surface area contributed by atoms with Gasteiger partial charge in [-0.3, -0.25) is 0 Å². The van der Waals surface area contributed by atoms with Crippen LogP contribution in [-0.2, 0) is 6.54 Å². The number of ether oxygens (including phenoxy) is 1. The highest BCUT2D eigenvalue weighted by atomic mass is 16.5. The van der Waals surface area contributed by atoms with Crippen molar-refractivity contribution < 1.29 is 4.74 Å². The maximum absolute atomic E-state index is 6.20. The van der Waals surface area contributed by atoms with Crippen molar-refractivity contribution in [2.24, 2.45) is 0 Å². The van der Waals surface area contributed by atoms with Gasteiger partial charge >= 0.3 is 0 Å². The first-order valence-electron chi connectivity index (χ1n) is 9.81. The summed E-state index contributed by atoms with van der Waals surface area (Å²) in [7, 11) is 0. The van der Waals surface area contributed by atoms with Crippen molar-refractivity contribution in [2.45, 2.75) is 25.4 Å². The van der Waals surface area contributed by atoms with Gasteiger partial charge in [0.25, 0.3) is 0 Å². The van der Waals surface area contributed by atoms with Crippen molar-refractivity contribution in [1.29, 1.82) is 0 Å². The van der Waals surface area contributed by atoms with Crippen molar-refractivity contribution in [3.63, 3.8) is 0 Å². The first-order chi connectivity index (χ1) is 14.3. The van der Waals surface area contributed by atoms with Gasteiger partial charge in [0.05, 0.1) is 11.9 Å². The number of para-hydroxylation sites is 1. The highest BCUT2D eigenvalue weighted by molar-refractivity contribution is 5.98. The van der Waals surface area contributed by atoms with Crippen LogP contribution in [0, 0.1) is 0 Å². The van der Waals surface area contributed by atoms with Crippen molar-refractivity contribution in [2.75, 3.05) is 12.3 Å². The van der Waals surface area contributed by atoms with E-state index >= 15 is 0 Å². The molecule has 29 heavy (non-hydrogen) atoms. The quantitative estimate of drug-likeness (QED) is 0.544. The molecule has 0 amide bonds. The molecule has 1 aliphatic rings. The van der Waals surface area contributed by atoms with Crippen molar-refractivity contribution >= 4 is 16.9 Å². The zero-order valence-electron chi connectivity index (χ0n) is 16.0. The number of nitrogens with two attached hydrogens (primary N) is 1. The topological polar surface area (TPSA) is 90.9 Å². The predicted molar refractivity (Wildman–Crippen MR) is 113 cm³/mol. The number of nitrogen functional groups attached to an aromatic ring is 1. The van der Waals surface area contributed by atoms with Crippen LogP contribution in [0.15, 0.2) is 60.9 Å². The zero-order chi connectivity index (χ0) is 19.6. The maximum atomic E-state index is 6.20. The number of rotatable bonds is 5. The standard InChI is InChI=1S/C22H22N6O/c23-21-19-20(15-8-10-18(11-9-15)29-17-6-2-1-3-7-17)27-28(22(19)26-14-25-21)13-16-5-4-12-24-16/h1-3,6-11,14,16,24H,4-5,12-13H2,(H2,23,25,26)/t16-/m0/s1. The highest BCUT2D eigenvalue weighted by Gasteiger charge is 2.21. The van der Waals surface area contributed by atoms with E-state index in [1.807, 2.05) is 59.3 Å². The fourth-order valence-corrected chi connectivity index (χ4v) is 3.79. The molecule has 7 nitrogen and oxygen atoms in total. The Hall–Kier alpha value is -3.45. The smallest absolute Gasteiger partial charge is 0.164 e. The Labute approximate surface area is 168 Å². The Kier molecular flexibility index (Phi) is 4.57. The summed E-state index contributed by atoms with van der Waals surface area (Å²) in [5.41, 5.74) is 8.72. The fourth-order valence-electron chi connectivity index (χ4n) is 3.79. The first-order valence-corrected chi connectivity index (χ1v) is 9.81. The third-order valence-corrected chi connectivity index (χ3v) is 5.22. The summed E-state index contributed by atoms with van der Waals surface area (Å²) >= 11 is 0. The van der Waals surface area contributed by atoms with Crippen LogP contribution in [-0.4, -0.2) is 32.3 Å². The lowest BCUT2D eigenvalue weighted by Crippen LogP contribution is -2.27. The Bertz CT molecular complexity index is 1120. The van der Waals surface area contributed by atoms with Crippen LogP contribution in [0.25, 0.3) is 22.3 Å². The lowest BCUT2D eigenvalue weighted by molar-refractivity contribution is 0.482. The summed E-state index contributed by atoms with van der Waals surface area (Å²) < 4.78 is 7.84. The normalized spacial score (nSPS) is 16.3. The molecule has 0 radical (unpaired) electrons. The van der Waals surface area contributed by atoms with E-state index in [4.69, 9.17) is 15.6 Å². The Morgan fingerprint density at radius 2 is 1.83 bits per heavy atom. The monoisotopic (exact) mass is 386 g/mol. The van der Waals surface area contributed by atoms with Gasteiger partial charge < -0.3 is 15.8 Å². The first kappa shape index (κ1) is 17.6. The second-order valence-electron chi connectivity index (χ2n) is 7.22. The molecule has 0 bridgehead atoms. The van der Waals surface area contributed by atoms with E-state index in [1.165, 1.54) is 12.7 Å². The van der Waals surface area contributed by atoms with E-state index in [-0.39, 0.29) is 0 Å². The molecule has 2 aromatic heterocycles. The highest BCUT2D eigenvalue weighted by Crippen LogP contribution is 2.32. The molecule has 0 unspecified atom stereocenters. The molecule has 146 valence electrons. The molecule has 0 aliphatic carbocycles. The summed E-state index contributed by atoms with van der Waals surface area (Å²) in [6.45, 7) is 1.82. The number of anilines is 1. The van der Waals surface area contributed by atoms with Crippen LogP contribution in [0.1, 0.15) is 12.8 Å². The summed E-state index contributed by atoms with van der Waals surface area (Å²) in [5.74, 6) is 2.01. The SMILES string of the molecule is Nc1ncnc2c1c(-c1ccc(Oc3ccccc3)cc1)nn2C[C@@H]1CCCN1. The molecular formula is C22H22N6O. The number of fused-ring (bicyclic) bond motifs is 1. The molecule has 0 spiro atoms. The zero-order valence-corrected chi connectivity index (χ0v) is 16.0. The molecule has 3 heterocycles. The second kappa shape index (κ2) is 7.52. The number of aromatic nitrogens is 4. The van der Waals surface area contributed by atoms with Crippen LogP contribution in [0.3, 0.4) is 0 Å². The fraction of sp³-hybridized carbons (Fsp3) is 0.227. The lowest BCUT2D eigenvalue weighted by atomic mass is 10.1. The Morgan fingerprint density at radius 3 is 2.59 bits per heavy atom. The van der Waals surface area contributed by atoms with E-state index in [2.05, 4.69) is 15.3 Å². The minimum Gasteiger partial charge on any atom is -0.457 e. The average molecular weight is 386 g/mol. The van der Waals surface area contributed by atoms with E-state index in [0.29, 0.717) is 11.9 Å². The molecule has 7 heteroatoms. The van der Waals surface area contributed by atoms with Gasteiger partial charge in [-0.2, -0.15) is 5.10 Å². The second-order valence-corrected chi connectivity index (χ2v) is 7.22. The minimum atomic E-state index is 0.406. The van der Waals surface area contributed by atoms with Gasteiger partial charge in [-0.25, -0.2) is 14.6 Å². The predicted octanol–water partition coefficient (Wildman–Crippen LogP) is 3.62. The Morgan fingerprint density at radius 1 is 1.03 bits per heavy atom. The van der Waals surface area contributed by atoms with Gasteiger partial charge in [0.2, 0.25) is 0 Å². The maximum Gasteiger partial charge on any atom is 0.164 e.